The molecule has 1 atom stereocenters. The minimum absolute atomic E-state index is 0.0345. The highest BCUT2D eigenvalue weighted by atomic mass is 16.5. The van der Waals surface area contributed by atoms with Crippen LogP contribution in [0.15, 0.2) is 22.7 Å². The van der Waals surface area contributed by atoms with Crippen molar-refractivity contribution in [2.75, 3.05) is 12.3 Å². The third-order valence-corrected chi connectivity index (χ3v) is 3.18. The van der Waals surface area contributed by atoms with Crippen molar-refractivity contribution in [3.05, 3.63) is 29.6 Å². The first-order valence-corrected chi connectivity index (χ1v) is 6.06. The van der Waals surface area contributed by atoms with Crippen LogP contribution in [0.3, 0.4) is 0 Å². The van der Waals surface area contributed by atoms with Gasteiger partial charge in [-0.3, -0.25) is 0 Å². The van der Waals surface area contributed by atoms with Gasteiger partial charge in [-0.25, -0.2) is 0 Å². The number of aromatic nitrogens is 2. The number of hydrogen-bond donors (Lipinski definition) is 1. The Balaban J connectivity index is 1.97. The van der Waals surface area contributed by atoms with Crippen LogP contribution >= 0.6 is 0 Å². The summed E-state index contributed by atoms with van der Waals surface area (Å²) in [5, 5.41) is 3.99. The van der Waals surface area contributed by atoms with Crippen molar-refractivity contribution in [2.45, 2.75) is 25.9 Å². The highest BCUT2D eigenvalue weighted by Crippen LogP contribution is 2.31. The average molecular weight is 245 g/mol. The van der Waals surface area contributed by atoms with Gasteiger partial charge in [0, 0.05) is 12.3 Å². The summed E-state index contributed by atoms with van der Waals surface area (Å²) in [4.78, 5) is 4.40. The zero-order chi connectivity index (χ0) is 12.5. The van der Waals surface area contributed by atoms with E-state index in [0.29, 0.717) is 17.4 Å². The van der Waals surface area contributed by atoms with Gasteiger partial charge < -0.3 is 15.0 Å². The number of hydrogen-bond acceptors (Lipinski definition) is 5. The molecule has 0 saturated carbocycles. The number of rotatable bonds is 2. The van der Waals surface area contributed by atoms with Gasteiger partial charge in [0.25, 0.3) is 5.89 Å². The number of nitrogens with two attached hydrogens (primary N) is 1. The molecule has 1 aliphatic rings. The van der Waals surface area contributed by atoms with Gasteiger partial charge in [-0.2, -0.15) is 4.98 Å². The molecule has 1 aromatic heterocycles. The van der Waals surface area contributed by atoms with Crippen LogP contribution in [0, 0.1) is 6.92 Å². The molecule has 1 aliphatic heterocycles. The Labute approximate surface area is 105 Å². The van der Waals surface area contributed by atoms with Crippen molar-refractivity contribution in [2.24, 2.45) is 0 Å². The van der Waals surface area contributed by atoms with E-state index >= 15 is 0 Å². The first-order valence-electron chi connectivity index (χ1n) is 6.06. The molecule has 1 unspecified atom stereocenters. The van der Waals surface area contributed by atoms with E-state index in [4.69, 9.17) is 15.0 Å². The van der Waals surface area contributed by atoms with Crippen LogP contribution in [-0.2, 0) is 4.74 Å². The van der Waals surface area contributed by atoms with Crippen molar-refractivity contribution in [1.82, 2.24) is 10.1 Å². The Morgan fingerprint density at radius 2 is 2.28 bits per heavy atom. The van der Waals surface area contributed by atoms with E-state index in [1.807, 2.05) is 25.1 Å². The second kappa shape index (κ2) is 4.42. The van der Waals surface area contributed by atoms with Crippen LogP contribution in [0.4, 0.5) is 5.69 Å². The van der Waals surface area contributed by atoms with Crippen LogP contribution in [-0.4, -0.2) is 16.7 Å². The van der Waals surface area contributed by atoms with Crippen LogP contribution in [0.2, 0.25) is 0 Å². The molecule has 3 rings (SSSR count). The van der Waals surface area contributed by atoms with Gasteiger partial charge in [-0.15, -0.1) is 0 Å². The standard InChI is InChI=1S/C13H15N3O2/c1-8-4-2-5-9(14)11(8)13-15-12(16-18-13)10-6-3-7-17-10/h2,4-5,10H,3,6-7,14H2,1H3. The van der Waals surface area contributed by atoms with Gasteiger partial charge in [0.15, 0.2) is 0 Å². The van der Waals surface area contributed by atoms with E-state index < -0.39 is 0 Å². The summed E-state index contributed by atoms with van der Waals surface area (Å²) in [5.41, 5.74) is 8.45. The molecule has 2 aromatic rings. The quantitative estimate of drug-likeness (QED) is 0.823. The molecule has 1 fully saturated rings. The smallest absolute Gasteiger partial charge is 0.260 e. The van der Waals surface area contributed by atoms with Crippen LogP contribution in [0.25, 0.3) is 11.5 Å². The summed E-state index contributed by atoms with van der Waals surface area (Å²) in [6.45, 7) is 2.74. The Bertz CT molecular complexity index is 539. The van der Waals surface area contributed by atoms with E-state index in [0.717, 1.165) is 30.6 Å². The number of benzene rings is 1. The van der Waals surface area contributed by atoms with Gasteiger partial charge in [0.05, 0.1) is 5.56 Å². The van der Waals surface area contributed by atoms with Crippen molar-refractivity contribution in [3.8, 4) is 11.5 Å². The number of nitrogen functional groups attached to an aromatic ring is 1. The third-order valence-electron chi connectivity index (χ3n) is 3.18. The predicted molar refractivity (Wildman–Crippen MR) is 66.8 cm³/mol. The fraction of sp³-hybridized carbons (Fsp3) is 0.385. The van der Waals surface area contributed by atoms with E-state index in [1.165, 1.54) is 0 Å². The van der Waals surface area contributed by atoms with E-state index in [1.54, 1.807) is 0 Å². The molecule has 0 aliphatic carbocycles. The van der Waals surface area contributed by atoms with Crippen molar-refractivity contribution in [3.63, 3.8) is 0 Å². The lowest BCUT2D eigenvalue weighted by Crippen LogP contribution is -1.98. The highest BCUT2D eigenvalue weighted by Gasteiger charge is 2.24. The molecule has 5 nitrogen and oxygen atoms in total. The molecule has 2 heterocycles. The minimum Gasteiger partial charge on any atom is -0.398 e. The summed E-state index contributed by atoms with van der Waals surface area (Å²) in [5.74, 6) is 1.08. The predicted octanol–water partition coefficient (Wildman–Crippen LogP) is 2.48. The van der Waals surface area contributed by atoms with E-state index in [9.17, 15) is 0 Å². The van der Waals surface area contributed by atoms with Crippen LogP contribution in [0.1, 0.15) is 30.3 Å². The van der Waals surface area contributed by atoms with Crippen LogP contribution < -0.4 is 5.73 Å². The Hall–Kier alpha value is -1.88. The Morgan fingerprint density at radius 1 is 1.39 bits per heavy atom. The van der Waals surface area contributed by atoms with Gasteiger partial charge in [0.1, 0.15) is 6.10 Å². The van der Waals surface area contributed by atoms with Gasteiger partial charge in [-0.05, 0) is 31.4 Å². The Kier molecular flexibility index (Phi) is 2.76. The normalized spacial score (nSPS) is 19.3. The molecule has 5 heteroatoms. The second-order valence-electron chi connectivity index (χ2n) is 4.50. The SMILES string of the molecule is Cc1cccc(N)c1-c1nc(C2CCCO2)no1. The lowest BCUT2D eigenvalue weighted by molar-refractivity contribution is 0.103. The lowest BCUT2D eigenvalue weighted by Gasteiger charge is -2.04. The molecule has 2 N–H and O–H groups in total. The maximum Gasteiger partial charge on any atom is 0.260 e. The molecule has 0 amide bonds. The van der Waals surface area contributed by atoms with Crippen molar-refractivity contribution in [1.29, 1.82) is 0 Å². The first kappa shape index (κ1) is 11.2. The number of anilines is 1. The molecular formula is C13H15N3O2. The van der Waals surface area contributed by atoms with Gasteiger partial charge in [0.2, 0.25) is 5.82 Å². The topological polar surface area (TPSA) is 74.2 Å². The van der Waals surface area contributed by atoms with E-state index in [-0.39, 0.29) is 6.10 Å². The van der Waals surface area contributed by atoms with Gasteiger partial charge >= 0.3 is 0 Å². The van der Waals surface area contributed by atoms with Crippen molar-refractivity contribution >= 4 is 5.69 Å². The first-order chi connectivity index (χ1) is 8.75. The molecule has 0 spiro atoms. The fourth-order valence-corrected chi connectivity index (χ4v) is 2.23. The molecule has 0 bridgehead atoms. The lowest BCUT2D eigenvalue weighted by atomic mass is 10.1. The molecular weight excluding hydrogens is 230 g/mol. The summed E-state index contributed by atoms with van der Waals surface area (Å²) >= 11 is 0. The summed E-state index contributed by atoms with van der Waals surface area (Å²) in [6, 6.07) is 5.71. The number of nitrogens with zero attached hydrogens (tertiary/aromatic N) is 2. The van der Waals surface area contributed by atoms with E-state index in [2.05, 4.69) is 10.1 Å². The Morgan fingerprint density at radius 3 is 3.00 bits per heavy atom. The minimum atomic E-state index is -0.0345. The molecule has 1 aromatic carbocycles. The second-order valence-corrected chi connectivity index (χ2v) is 4.50. The van der Waals surface area contributed by atoms with Crippen molar-refractivity contribution < 1.29 is 9.26 Å². The molecule has 0 radical (unpaired) electrons. The maximum atomic E-state index is 5.96. The zero-order valence-corrected chi connectivity index (χ0v) is 10.2. The number of ether oxygens (including phenoxy) is 1. The zero-order valence-electron chi connectivity index (χ0n) is 10.2. The molecule has 1 saturated heterocycles. The van der Waals surface area contributed by atoms with Gasteiger partial charge in [-0.1, -0.05) is 17.3 Å². The summed E-state index contributed by atoms with van der Waals surface area (Å²) in [6.07, 6.45) is 1.95. The highest BCUT2D eigenvalue weighted by molar-refractivity contribution is 5.73. The van der Waals surface area contributed by atoms with Crippen LogP contribution in [0.5, 0.6) is 0 Å². The third kappa shape index (κ3) is 1.86. The number of aryl methyl sites for hydroxylation is 1. The summed E-state index contributed by atoms with van der Waals surface area (Å²) in [7, 11) is 0. The summed E-state index contributed by atoms with van der Waals surface area (Å²) < 4.78 is 10.8. The maximum absolute atomic E-state index is 5.96. The monoisotopic (exact) mass is 245 g/mol. The molecule has 94 valence electrons. The molecule has 18 heavy (non-hydrogen) atoms. The largest absolute Gasteiger partial charge is 0.398 e. The fourth-order valence-electron chi connectivity index (χ4n) is 2.23. The average Bonchev–Trinajstić information content (AvgIpc) is 2.99.